The molecule has 0 spiro atoms. The van der Waals surface area contributed by atoms with Crippen LogP contribution in [0.3, 0.4) is 0 Å². The molecule has 2 N–H and O–H groups in total. The third-order valence-electron chi connectivity index (χ3n) is 5.24. The highest BCUT2D eigenvalue weighted by Gasteiger charge is 2.24. The molecular weight excluding hydrogens is 415 g/mol. The number of hydrogen-bond donors (Lipinski definition) is 2. The van der Waals surface area contributed by atoms with E-state index < -0.39 is 6.03 Å². The Balaban J connectivity index is 1.45. The maximum absolute atomic E-state index is 12.9. The molecular formula is C23H27FN4O4. The summed E-state index contributed by atoms with van der Waals surface area (Å²) in [5.74, 6) is -0.168. The summed E-state index contributed by atoms with van der Waals surface area (Å²) in [5.41, 5.74) is 1.24. The van der Waals surface area contributed by atoms with Gasteiger partial charge in [-0.1, -0.05) is 24.3 Å². The Hall–Kier alpha value is -3.62. The molecule has 3 rings (SSSR count). The second kappa shape index (κ2) is 11.1. The maximum Gasteiger partial charge on any atom is 0.315 e. The van der Waals surface area contributed by atoms with Gasteiger partial charge in [-0.2, -0.15) is 0 Å². The third kappa shape index (κ3) is 6.19. The fraction of sp³-hybridized carbons (Fsp3) is 0.348. The van der Waals surface area contributed by atoms with Crippen molar-refractivity contribution in [3.63, 3.8) is 0 Å². The van der Waals surface area contributed by atoms with Crippen LogP contribution < -0.4 is 15.4 Å². The van der Waals surface area contributed by atoms with Gasteiger partial charge in [-0.05, 0) is 36.2 Å². The van der Waals surface area contributed by atoms with E-state index in [2.05, 4.69) is 10.6 Å². The summed E-state index contributed by atoms with van der Waals surface area (Å²) in [6, 6.07) is 12.4. The molecule has 0 aromatic heterocycles. The molecule has 0 aliphatic carbocycles. The molecule has 170 valence electrons. The van der Waals surface area contributed by atoms with E-state index in [0.717, 1.165) is 5.56 Å². The highest BCUT2D eigenvalue weighted by atomic mass is 19.1. The van der Waals surface area contributed by atoms with Crippen LogP contribution in [0.1, 0.15) is 22.3 Å². The zero-order valence-corrected chi connectivity index (χ0v) is 18.0. The number of nitrogens with zero attached hydrogens (tertiary/aromatic N) is 2. The molecule has 1 heterocycles. The zero-order valence-electron chi connectivity index (χ0n) is 18.0. The Bertz CT molecular complexity index is 951. The van der Waals surface area contributed by atoms with Crippen molar-refractivity contribution in [2.24, 2.45) is 0 Å². The van der Waals surface area contributed by atoms with Crippen molar-refractivity contribution >= 4 is 17.8 Å². The second-order valence-corrected chi connectivity index (χ2v) is 7.39. The highest BCUT2D eigenvalue weighted by Crippen LogP contribution is 2.20. The molecule has 1 aliphatic rings. The number of nitrogens with one attached hydrogen (secondary N) is 2. The molecule has 0 atom stereocenters. The van der Waals surface area contributed by atoms with E-state index >= 15 is 0 Å². The van der Waals surface area contributed by atoms with Crippen LogP contribution in [-0.2, 0) is 11.3 Å². The number of carbonyl (C=O) groups excluding carboxylic acids is 3. The lowest BCUT2D eigenvalue weighted by molar-refractivity contribution is -0.129. The Kier molecular flexibility index (Phi) is 8.02. The van der Waals surface area contributed by atoms with Gasteiger partial charge in [0.05, 0.1) is 19.2 Å². The van der Waals surface area contributed by atoms with Crippen molar-refractivity contribution in [3.8, 4) is 5.75 Å². The smallest absolute Gasteiger partial charge is 0.315 e. The highest BCUT2D eigenvalue weighted by molar-refractivity contribution is 5.97. The summed E-state index contributed by atoms with van der Waals surface area (Å²) in [6.07, 6.45) is 0.642. The van der Waals surface area contributed by atoms with Crippen LogP contribution in [0.25, 0.3) is 0 Å². The van der Waals surface area contributed by atoms with Crippen molar-refractivity contribution in [3.05, 3.63) is 65.5 Å². The molecule has 1 saturated heterocycles. The van der Waals surface area contributed by atoms with E-state index in [1.54, 1.807) is 46.2 Å². The second-order valence-electron chi connectivity index (χ2n) is 7.39. The molecule has 2 aromatic carbocycles. The van der Waals surface area contributed by atoms with E-state index in [1.165, 1.54) is 19.2 Å². The van der Waals surface area contributed by atoms with E-state index in [4.69, 9.17) is 4.74 Å². The first-order valence-corrected chi connectivity index (χ1v) is 10.4. The van der Waals surface area contributed by atoms with Crippen LogP contribution in [0.4, 0.5) is 9.18 Å². The van der Waals surface area contributed by atoms with Gasteiger partial charge in [-0.15, -0.1) is 0 Å². The Morgan fingerprint density at radius 2 is 1.62 bits per heavy atom. The lowest BCUT2D eigenvalue weighted by Gasteiger charge is -2.23. The van der Waals surface area contributed by atoms with E-state index in [9.17, 15) is 18.8 Å². The predicted molar refractivity (Wildman–Crippen MR) is 117 cm³/mol. The van der Waals surface area contributed by atoms with Gasteiger partial charge in [-0.3, -0.25) is 9.59 Å². The summed E-state index contributed by atoms with van der Waals surface area (Å²) in [6.45, 7) is 1.91. The van der Waals surface area contributed by atoms with Gasteiger partial charge in [-0.25, -0.2) is 9.18 Å². The molecule has 4 amide bonds. The number of urea groups is 1. The first-order valence-electron chi connectivity index (χ1n) is 10.4. The fourth-order valence-electron chi connectivity index (χ4n) is 3.48. The SMILES string of the molecule is COc1ccccc1C(=O)N1CCCN(C(=O)CNC(=O)NCc2ccc(F)cc2)CC1. The molecule has 0 unspecified atom stereocenters. The van der Waals surface area contributed by atoms with Crippen molar-refractivity contribution in [1.82, 2.24) is 20.4 Å². The quantitative estimate of drug-likeness (QED) is 0.716. The molecule has 0 bridgehead atoms. The monoisotopic (exact) mass is 442 g/mol. The molecule has 1 fully saturated rings. The van der Waals surface area contributed by atoms with Gasteiger partial charge in [0.25, 0.3) is 5.91 Å². The van der Waals surface area contributed by atoms with Crippen LogP contribution in [0, 0.1) is 5.82 Å². The minimum Gasteiger partial charge on any atom is -0.496 e. The standard InChI is InChI=1S/C23H27FN4O4/c1-32-20-6-3-2-5-19(20)22(30)28-12-4-11-27(13-14-28)21(29)16-26-23(31)25-15-17-7-9-18(24)10-8-17/h2-3,5-10H,4,11-16H2,1H3,(H2,25,26,31). The normalized spacial score (nSPS) is 13.8. The average molecular weight is 442 g/mol. The molecule has 1 aliphatic heterocycles. The van der Waals surface area contributed by atoms with Crippen molar-refractivity contribution in [2.75, 3.05) is 39.8 Å². The summed E-state index contributed by atoms with van der Waals surface area (Å²) < 4.78 is 18.2. The molecule has 2 aromatic rings. The average Bonchev–Trinajstić information content (AvgIpc) is 3.08. The van der Waals surface area contributed by atoms with Gasteiger partial charge in [0, 0.05) is 32.7 Å². The minimum absolute atomic E-state index is 0.130. The molecule has 9 heteroatoms. The molecule has 0 radical (unpaired) electrons. The number of ether oxygens (including phenoxy) is 1. The lowest BCUT2D eigenvalue weighted by Crippen LogP contribution is -2.44. The number of para-hydroxylation sites is 1. The van der Waals surface area contributed by atoms with Crippen LogP contribution in [0.5, 0.6) is 5.75 Å². The predicted octanol–water partition coefficient (Wildman–Crippen LogP) is 2.01. The van der Waals surface area contributed by atoms with Crippen LogP contribution in [0.15, 0.2) is 48.5 Å². The number of benzene rings is 2. The first-order chi connectivity index (χ1) is 15.5. The van der Waals surface area contributed by atoms with Crippen molar-refractivity contribution in [2.45, 2.75) is 13.0 Å². The van der Waals surface area contributed by atoms with Crippen molar-refractivity contribution in [1.29, 1.82) is 0 Å². The van der Waals surface area contributed by atoms with E-state index in [-0.39, 0.29) is 30.7 Å². The lowest BCUT2D eigenvalue weighted by atomic mass is 10.1. The summed E-state index contributed by atoms with van der Waals surface area (Å²) >= 11 is 0. The number of amides is 4. The van der Waals surface area contributed by atoms with E-state index in [0.29, 0.717) is 43.9 Å². The third-order valence-corrected chi connectivity index (χ3v) is 5.24. The molecule has 32 heavy (non-hydrogen) atoms. The van der Waals surface area contributed by atoms with Gasteiger partial charge < -0.3 is 25.2 Å². The number of carbonyl (C=O) groups is 3. The molecule has 0 saturated carbocycles. The van der Waals surface area contributed by atoms with Crippen molar-refractivity contribution < 1.29 is 23.5 Å². The van der Waals surface area contributed by atoms with Crippen LogP contribution >= 0.6 is 0 Å². The topological polar surface area (TPSA) is 91.0 Å². The minimum atomic E-state index is -0.481. The molecule has 8 nitrogen and oxygen atoms in total. The number of methoxy groups -OCH3 is 1. The first kappa shape index (κ1) is 23.1. The van der Waals surface area contributed by atoms with Crippen LogP contribution in [-0.4, -0.2) is 67.5 Å². The Morgan fingerprint density at radius 3 is 2.38 bits per heavy atom. The van der Waals surface area contributed by atoms with Crippen LogP contribution in [0.2, 0.25) is 0 Å². The van der Waals surface area contributed by atoms with Gasteiger partial charge in [0.2, 0.25) is 5.91 Å². The maximum atomic E-state index is 12.9. The van der Waals surface area contributed by atoms with Gasteiger partial charge >= 0.3 is 6.03 Å². The number of hydrogen-bond acceptors (Lipinski definition) is 4. The van der Waals surface area contributed by atoms with Gasteiger partial charge in [0.1, 0.15) is 11.6 Å². The zero-order chi connectivity index (χ0) is 22.9. The summed E-state index contributed by atoms with van der Waals surface area (Å²) in [4.78, 5) is 40.8. The number of rotatable bonds is 6. The van der Waals surface area contributed by atoms with Gasteiger partial charge in [0.15, 0.2) is 0 Å². The number of halogens is 1. The Morgan fingerprint density at radius 1 is 0.938 bits per heavy atom. The Labute approximate surface area is 186 Å². The fourth-order valence-corrected chi connectivity index (χ4v) is 3.48. The largest absolute Gasteiger partial charge is 0.496 e. The summed E-state index contributed by atoms with van der Waals surface area (Å²) in [5, 5.41) is 5.18. The van der Waals surface area contributed by atoms with E-state index in [1.807, 2.05) is 0 Å². The summed E-state index contributed by atoms with van der Waals surface area (Å²) in [7, 11) is 1.53.